The van der Waals surface area contributed by atoms with Gasteiger partial charge in [0.15, 0.2) is 0 Å². The second-order valence-electron chi connectivity index (χ2n) is 7.01. The van der Waals surface area contributed by atoms with Crippen LogP contribution in [0, 0.1) is 0 Å². The highest BCUT2D eigenvalue weighted by Crippen LogP contribution is 2.35. The number of para-hydroxylation sites is 1. The Morgan fingerprint density at radius 3 is 2.28 bits per heavy atom. The summed E-state index contributed by atoms with van der Waals surface area (Å²) in [5.41, 5.74) is 1.31. The average Bonchev–Trinajstić information content (AvgIpc) is 2.79. The van der Waals surface area contributed by atoms with Gasteiger partial charge in [-0.1, -0.05) is 48.0 Å². The number of benzene rings is 3. The molecule has 1 N–H and O–H groups in total. The molecule has 0 saturated heterocycles. The third-order valence-electron chi connectivity index (χ3n) is 5.04. The molecule has 0 aliphatic carbocycles. The Morgan fingerprint density at radius 1 is 0.938 bits per heavy atom. The summed E-state index contributed by atoms with van der Waals surface area (Å²) in [4.78, 5) is 25.7. The standard InChI is InChI=1S/C25H20ClNO5/c1-30-19-9-6-10-20(31-2)24(19)27-22(28)14-21-23(15-7-4-3-5-8-15)18-13-16(26)11-12-17(18)25(29)32-21/h3-13H,14H2,1-2H3,(H,27,28). The quantitative estimate of drug-likeness (QED) is 0.431. The summed E-state index contributed by atoms with van der Waals surface area (Å²) >= 11 is 6.22. The van der Waals surface area contributed by atoms with E-state index in [-0.39, 0.29) is 12.2 Å². The highest BCUT2D eigenvalue weighted by Gasteiger charge is 2.20. The first-order valence-corrected chi connectivity index (χ1v) is 10.2. The van der Waals surface area contributed by atoms with Crippen LogP contribution in [0.2, 0.25) is 5.02 Å². The second-order valence-corrected chi connectivity index (χ2v) is 7.44. The van der Waals surface area contributed by atoms with Crippen LogP contribution in [0.1, 0.15) is 5.76 Å². The van der Waals surface area contributed by atoms with Gasteiger partial charge in [0.1, 0.15) is 22.9 Å². The molecule has 7 heteroatoms. The molecule has 0 fully saturated rings. The minimum Gasteiger partial charge on any atom is -0.494 e. The molecule has 1 heterocycles. The Balaban J connectivity index is 1.80. The van der Waals surface area contributed by atoms with Crippen LogP contribution in [0.25, 0.3) is 21.9 Å². The third kappa shape index (κ3) is 4.18. The number of nitrogens with one attached hydrogen (secondary N) is 1. The Bertz CT molecular complexity index is 1330. The van der Waals surface area contributed by atoms with Crippen molar-refractivity contribution in [3.63, 3.8) is 0 Å². The first-order valence-electron chi connectivity index (χ1n) is 9.83. The van der Waals surface area contributed by atoms with Crippen LogP contribution in [0.5, 0.6) is 11.5 Å². The van der Waals surface area contributed by atoms with Crippen LogP contribution in [0.3, 0.4) is 0 Å². The van der Waals surface area contributed by atoms with Gasteiger partial charge in [-0.3, -0.25) is 4.79 Å². The monoisotopic (exact) mass is 449 g/mol. The maximum atomic E-state index is 13.0. The van der Waals surface area contributed by atoms with E-state index in [0.29, 0.717) is 38.5 Å². The Morgan fingerprint density at radius 2 is 1.62 bits per heavy atom. The van der Waals surface area contributed by atoms with Crippen molar-refractivity contribution in [3.05, 3.63) is 87.9 Å². The lowest BCUT2D eigenvalue weighted by Crippen LogP contribution is -2.17. The van der Waals surface area contributed by atoms with E-state index in [9.17, 15) is 9.59 Å². The first kappa shape index (κ1) is 21.5. The van der Waals surface area contributed by atoms with Gasteiger partial charge >= 0.3 is 5.63 Å². The van der Waals surface area contributed by atoms with Crippen molar-refractivity contribution in [2.24, 2.45) is 0 Å². The van der Waals surface area contributed by atoms with Gasteiger partial charge in [-0.05, 0) is 35.9 Å². The van der Waals surface area contributed by atoms with Crippen molar-refractivity contribution in [1.82, 2.24) is 0 Å². The van der Waals surface area contributed by atoms with E-state index in [4.69, 9.17) is 25.5 Å². The summed E-state index contributed by atoms with van der Waals surface area (Å²) in [7, 11) is 3.01. The van der Waals surface area contributed by atoms with Crippen molar-refractivity contribution < 1.29 is 18.7 Å². The van der Waals surface area contributed by atoms with Gasteiger partial charge in [-0.15, -0.1) is 0 Å². The molecule has 0 atom stereocenters. The smallest absolute Gasteiger partial charge is 0.343 e. The normalized spacial score (nSPS) is 10.7. The van der Waals surface area contributed by atoms with Crippen molar-refractivity contribution in [2.75, 3.05) is 19.5 Å². The average molecular weight is 450 g/mol. The molecule has 0 aliphatic rings. The van der Waals surface area contributed by atoms with Crippen LogP contribution in [0.4, 0.5) is 5.69 Å². The largest absolute Gasteiger partial charge is 0.494 e. The maximum absolute atomic E-state index is 13.0. The zero-order valence-corrected chi connectivity index (χ0v) is 18.2. The lowest BCUT2D eigenvalue weighted by molar-refractivity contribution is -0.115. The van der Waals surface area contributed by atoms with Gasteiger partial charge in [0.2, 0.25) is 5.91 Å². The molecule has 0 radical (unpaired) electrons. The predicted octanol–water partition coefficient (Wildman–Crippen LogP) is 5.31. The molecule has 162 valence electrons. The lowest BCUT2D eigenvalue weighted by Gasteiger charge is -2.15. The van der Waals surface area contributed by atoms with E-state index < -0.39 is 11.5 Å². The van der Waals surface area contributed by atoms with E-state index in [1.807, 2.05) is 30.3 Å². The molecule has 4 rings (SSSR count). The van der Waals surface area contributed by atoms with Gasteiger partial charge in [-0.25, -0.2) is 4.79 Å². The van der Waals surface area contributed by atoms with Crippen molar-refractivity contribution >= 4 is 34.0 Å². The fraction of sp³-hybridized carbons (Fsp3) is 0.120. The van der Waals surface area contributed by atoms with Crippen molar-refractivity contribution in [1.29, 1.82) is 0 Å². The highest BCUT2D eigenvalue weighted by atomic mass is 35.5. The van der Waals surface area contributed by atoms with Crippen LogP contribution in [-0.4, -0.2) is 20.1 Å². The van der Waals surface area contributed by atoms with Crippen LogP contribution >= 0.6 is 11.6 Å². The second kappa shape index (κ2) is 9.16. The molecule has 0 unspecified atom stereocenters. The molecule has 0 bridgehead atoms. The van der Waals surface area contributed by atoms with Crippen LogP contribution in [0.15, 0.2) is 75.9 Å². The fourth-order valence-electron chi connectivity index (χ4n) is 3.62. The molecule has 1 aromatic heterocycles. The number of fused-ring (bicyclic) bond motifs is 1. The molecule has 4 aromatic rings. The van der Waals surface area contributed by atoms with E-state index in [2.05, 4.69) is 5.32 Å². The van der Waals surface area contributed by atoms with Gasteiger partial charge in [-0.2, -0.15) is 0 Å². The SMILES string of the molecule is COc1cccc(OC)c1NC(=O)Cc1oc(=O)c2ccc(Cl)cc2c1-c1ccccc1. The minimum absolute atomic E-state index is 0.177. The molecule has 0 saturated carbocycles. The summed E-state index contributed by atoms with van der Waals surface area (Å²) < 4.78 is 16.3. The Hall–Kier alpha value is -3.77. The molecule has 1 amide bonds. The fourth-order valence-corrected chi connectivity index (χ4v) is 3.79. The van der Waals surface area contributed by atoms with Gasteiger partial charge in [0.25, 0.3) is 0 Å². The van der Waals surface area contributed by atoms with E-state index >= 15 is 0 Å². The number of anilines is 1. The summed E-state index contributed by atoms with van der Waals surface area (Å²) in [6.45, 7) is 0. The van der Waals surface area contributed by atoms with E-state index in [1.54, 1.807) is 36.4 Å². The summed E-state index contributed by atoms with van der Waals surface area (Å²) in [5.74, 6) is 0.747. The summed E-state index contributed by atoms with van der Waals surface area (Å²) in [6, 6.07) is 19.6. The highest BCUT2D eigenvalue weighted by molar-refractivity contribution is 6.31. The minimum atomic E-state index is -0.533. The topological polar surface area (TPSA) is 77.8 Å². The molecule has 0 aliphatic heterocycles. The van der Waals surface area contributed by atoms with Gasteiger partial charge in [0.05, 0.1) is 26.0 Å². The zero-order valence-electron chi connectivity index (χ0n) is 17.5. The number of rotatable bonds is 6. The lowest BCUT2D eigenvalue weighted by atomic mass is 9.97. The number of hydrogen-bond acceptors (Lipinski definition) is 5. The van der Waals surface area contributed by atoms with Crippen LogP contribution < -0.4 is 20.4 Å². The number of carbonyl (C=O) groups excluding carboxylic acids is 1. The third-order valence-corrected chi connectivity index (χ3v) is 5.28. The first-order chi connectivity index (χ1) is 15.5. The molecule has 6 nitrogen and oxygen atoms in total. The molecule has 32 heavy (non-hydrogen) atoms. The number of carbonyl (C=O) groups is 1. The van der Waals surface area contributed by atoms with Gasteiger partial charge < -0.3 is 19.2 Å². The molecule has 3 aromatic carbocycles. The number of methoxy groups -OCH3 is 2. The number of amides is 1. The Kier molecular flexibility index (Phi) is 6.14. The number of ether oxygens (including phenoxy) is 2. The van der Waals surface area contributed by atoms with Crippen molar-refractivity contribution in [2.45, 2.75) is 6.42 Å². The maximum Gasteiger partial charge on any atom is 0.343 e. The molecular weight excluding hydrogens is 430 g/mol. The summed E-state index contributed by atoms with van der Waals surface area (Å²) in [6.07, 6.45) is -0.177. The number of hydrogen-bond donors (Lipinski definition) is 1. The zero-order chi connectivity index (χ0) is 22.7. The van der Waals surface area contributed by atoms with Crippen LogP contribution in [-0.2, 0) is 11.2 Å². The number of halogens is 1. The van der Waals surface area contributed by atoms with E-state index in [0.717, 1.165) is 5.56 Å². The Labute approximate surface area is 189 Å². The van der Waals surface area contributed by atoms with Gasteiger partial charge in [0, 0.05) is 16.0 Å². The van der Waals surface area contributed by atoms with E-state index in [1.165, 1.54) is 14.2 Å². The molecular formula is C25H20ClNO5. The van der Waals surface area contributed by atoms with Crippen molar-refractivity contribution in [3.8, 4) is 22.6 Å². The predicted molar refractivity (Wildman–Crippen MR) is 125 cm³/mol. The summed E-state index contributed by atoms with van der Waals surface area (Å²) in [5, 5.41) is 4.31. The molecule has 0 spiro atoms.